The second-order valence-corrected chi connectivity index (χ2v) is 8.94. The Bertz CT molecular complexity index is 995. The predicted molar refractivity (Wildman–Crippen MR) is 120 cm³/mol. The fourth-order valence-corrected chi connectivity index (χ4v) is 3.87. The van der Waals surface area contributed by atoms with Gasteiger partial charge in [-0.15, -0.1) is 16.8 Å². The van der Waals surface area contributed by atoms with Gasteiger partial charge in [-0.2, -0.15) is 5.10 Å². The number of aromatic nitrogens is 5. The maximum absolute atomic E-state index is 12.7. The molecule has 7 nitrogen and oxygen atoms in total. The number of anilines is 1. The molecule has 2 aromatic heterocycles. The number of rotatable bonds is 8. The lowest BCUT2D eigenvalue weighted by Crippen LogP contribution is -2.25. The highest BCUT2D eigenvalue weighted by Gasteiger charge is 2.21. The quantitative estimate of drug-likeness (QED) is 0.375. The highest BCUT2D eigenvalue weighted by molar-refractivity contribution is 9.10. The van der Waals surface area contributed by atoms with E-state index in [1.54, 1.807) is 23.0 Å². The van der Waals surface area contributed by atoms with Crippen LogP contribution in [-0.4, -0.2) is 35.7 Å². The molecule has 1 amide bonds. The number of nitrogens with zero attached hydrogens (tertiary/aromatic N) is 5. The van der Waals surface area contributed by atoms with E-state index in [9.17, 15) is 4.79 Å². The lowest BCUT2D eigenvalue weighted by molar-refractivity contribution is -0.115. The summed E-state index contributed by atoms with van der Waals surface area (Å²) in [6.07, 6.45) is 3.47. The minimum atomic E-state index is -0.365. The molecule has 0 bridgehead atoms. The van der Waals surface area contributed by atoms with Gasteiger partial charge in [0.2, 0.25) is 5.91 Å². The monoisotopic (exact) mass is 474 g/mol. The minimum Gasteiger partial charge on any atom is -0.310 e. The van der Waals surface area contributed by atoms with Crippen LogP contribution in [0.3, 0.4) is 0 Å². The number of allylic oxidation sites excluding steroid dienone is 1. The molecule has 3 aromatic rings. The zero-order chi connectivity index (χ0) is 21.0. The molecule has 0 aliphatic carbocycles. The van der Waals surface area contributed by atoms with Crippen molar-refractivity contribution in [2.24, 2.45) is 0 Å². The van der Waals surface area contributed by atoms with Gasteiger partial charge in [-0.3, -0.25) is 9.36 Å². The molecule has 2 heterocycles. The molecule has 152 valence electrons. The second kappa shape index (κ2) is 9.41. The number of benzene rings is 1. The molecule has 0 saturated carbocycles. The molecule has 0 saturated heterocycles. The van der Waals surface area contributed by atoms with Crippen LogP contribution < -0.4 is 5.32 Å². The van der Waals surface area contributed by atoms with E-state index in [1.165, 1.54) is 11.8 Å². The molecule has 0 fully saturated rings. The number of carbonyl (C=O) groups is 1. The van der Waals surface area contributed by atoms with Gasteiger partial charge in [0.25, 0.3) is 0 Å². The van der Waals surface area contributed by atoms with Gasteiger partial charge in [-0.05, 0) is 32.9 Å². The van der Waals surface area contributed by atoms with Crippen molar-refractivity contribution in [1.82, 2.24) is 24.5 Å². The van der Waals surface area contributed by atoms with Gasteiger partial charge in [0.1, 0.15) is 5.82 Å². The lowest BCUT2D eigenvalue weighted by Gasteiger charge is -2.15. The van der Waals surface area contributed by atoms with Crippen LogP contribution in [-0.2, 0) is 11.3 Å². The molecular formula is C20H23BrN6OS. The summed E-state index contributed by atoms with van der Waals surface area (Å²) in [5.74, 6) is 1.31. The van der Waals surface area contributed by atoms with Crippen molar-refractivity contribution in [2.75, 3.05) is 5.32 Å². The first-order valence-corrected chi connectivity index (χ1v) is 10.9. The Kier molecular flexibility index (Phi) is 6.92. The second-order valence-electron chi connectivity index (χ2n) is 6.72. The van der Waals surface area contributed by atoms with E-state index < -0.39 is 0 Å². The van der Waals surface area contributed by atoms with Crippen LogP contribution in [0.25, 0.3) is 11.4 Å². The normalized spacial score (nSPS) is 12.2. The highest BCUT2D eigenvalue weighted by Crippen LogP contribution is 2.28. The third-order valence-corrected chi connectivity index (χ3v) is 5.80. The van der Waals surface area contributed by atoms with Crippen LogP contribution in [0.1, 0.15) is 26.8 Å². The smallest absolute Gasteiger partial charge is 0.238 e. The number of carbonyl (C=O) groups excluding carboxylic acids is 1. The SMILES string of the molecule is C=CCn1c(SC(C)C(=O)Nc2ccnn2C(C)C)nnc1-c1ccc(Br)cc1. The summed E-state index contributed by atoms with van der Waals surface area (Å²) >= 11 is 4.81. The number of amides is 1. The predicted octanol–water partition coefficient (Wildman–Crippen LogP) is 4.79. The number of thioether (sulfide) groups is 1. The van der Waals surface area contributed by atoms with E-state index in [2.05, 4.69) is 43.1 Å². The van der Waals surface area contributed by atoms with Gasteiger partial charge in [0.05, 0.1) is 11.4 Å². The Morgan fingerprint density at radius 2 is 1.97 bits per heavy atom. The number of halogens is 1. The van der Waals surface area contributed by atoms with Crippen molar-refractivity contribution >= 4 is 39.4 Å². The molecule has 1 unspecified atom stereocenters. The summed E-state index contributed by atoms with van der Waals surface area (Å²) in [4.78, 5) is 12.7. The Morgan fingerprint density at radius 1 is 1.24 bits per heavy atom. The van der Waals surface area contributed by atoms with Crippen LogP contribution in [0.5, 0.6) is 0 Å². The Balaban J connectivity index is 1.78. The summed E-state index contributed by atoms with van der Waals surface area (Å²) < 4.78 is 4.74. The molecule has 9 heteroatoms. The standard InChI is InChI=1S/C20H23BrN6OS/c1-5-12-26-18(15-6-8-16(21)9-7-15)24-25-20(26)29-14(4)19(28)23-17-10-11-22-27(17)13(2)3/h5-11,13-14H,1,12H2,2-4H3,(H,23,28). The third-order valence-electron chi connectivity index (χ3n) is 4.19. The largest absolute Gasteiger partial charge is 0.310 e. The molecule has 1 N–H and O–H groups in total. The molecule has 3 rings (SSSR count). The summed E-state index contributed by atoms with van der Waals surface area (Å²) in [7, 11) is 0. The van der Waals surface area contributed by atoms with E-state index in [-0.39, 0.29) is 17.2 Å². The van der Waals surface area contributed by atoms with Crippen LogP contribution in [0.2, 0.25) is 0 Å². The summed E-state index contributed by atoms with van der Waals surface area (Å²) in [6.45, 7) is 10.3. The Labute approximate surface area is 182 Å². The minimum absolute atomic E-state index is 0.115. The van der Waals surface area contributed by atoms with Crippen molar-refractivity contribution in [2.45, 2.75) is 43.8 Å². The van der Waals surface area contributed by atoms with Crippen molar-refractivity contribution in [3.05, 3.63) is 53.7 Å². The van der Waals surface area contributed by atoms with E-state index >= 15 is 0 Å². The van der Waals surface area contributed by atoms with Gasteiger partial charge < -0.3 is 5.32 Å². The van der Waals surface area contributed by atoms with E-state index in [0.717, 1.165) is 15.9 Å². The van der Waals surface area contributed by atoms with Crippen LogP contribution in [0, 0.1) is 0 Å². The van der Waals surface area contributed by atoms with Crippen molar-refractivity contribution in [3.8, 4) is 11.4 Å². The van der Waals surface area contributed by atoms with Crippen molar-refractivity contribution < 1.29 is 4.79 Å². The van der Waals surface area contributed by atoms with Gasteiger partial charge in [0, 0.05) is 28.7 Å². The first kappa shape index (κ1) is 21.3. The summed E-state index contributed by atoms with van der Waals surface area (Å²) in [5, 5.41) is 16.2. The molecule has 0 spiro atoms. The van der Waals surface area contributed by atoms with Crippen molar-refractivity contribution in [1.29, 1.82) is 0 Å². The maximum atomic E-state index is 12.7. The topological polar surface area (TPSA) is 77.6 Å². The van der Waals surface area contributed by atoms with E-state index in [4.69, 9.17) is 0 Å². The first-order chi connectivity index (χ1) is 13.9. The highest BCUT2D eigenvalue weighted by atomic mass is 79.9. The zero-order valence-corrected chi connectivity index (χ0v) is 18.9. The molecule has 1 aromatic carbocycles. The van der Waals surface area contributed by atoms with Crippen LogP contribution in [0.15, 0.2) is 58.8 Å². The number of hydrogen-bond donors (Lipinski definition) is 1. The van der Waals surface area contributed by atoms with Gasteiger partial charge in [-0.1, -0.05) is 45.9 Å². The maximum Gasteiger partial charge on any atom is 0.238 e. The third kappa shape index (κ3) is 4.97. The molecule has 0 aliphatic rings. The Morgan fingerprint density at radius 3 is 2.62 bits per heavy atom. The average Bonchev–Trinajstić information content (AvgIpc) is 3.30. The van der Waals surface area contributed by atoms with Gasteiger partial charge in [0.15, 0.2) is 11.0 Å². The van der Waals surface area contributed by atoms with E-state index in [1.807, 2.05) is 49.6 Å². The van der Waals surface area contributed by atoms with Crippen molar-refractivity contribution in [3.63, 3.8) is 0 Å². The zero-order valence-electron chi connectivity index (χ0n) is 16.5. The van der Waals surface area contributed by atoms with E-state index in [0.29, 0.717) is 17.5 Å². The average molecular weight is 475 g/mol. The molecule has 1 atom stereocenters. The summed E-state index contributed by atoms with van der Waals surface area (Å²) in [5.41, 5.74) is 0.951. The number of hydrogen-bond acceptors (Lipinski definition) is 5. The lowest BCUT2D eigenvalue weighted by atomic mass is 10.2. The summed E-state index contributed by atoms with van der Waals surface area (Å²) in [6, 6.07) is 9.83. The number of nitrogens with one attached hydrogen (secondary N) is 1. The molecule has 29 heavy (non-hydrogen) atoms. The molecule has 0 aliphatic heterocycles. The van der Waals surface area contributed by atoms with Gasteiger partial charge >= 0.3 is 0 Å². The molecular weight excluding hydrogens is 452 g/mol. The fourth-order valence-electron chi connectivity index (χ4n) is 2.75. The molecule has 0 radical (unpaired) electrons. The first-order valence-electron chi connectivity index (χ1n) is 9.21. The van der Waals surface area contributed by atoms with Crippen LogP contribution >= 0.6 is 27.7 Å². The fraction of sp³-hybridized carbons (Fsp3) is 0.300. The van der Waals surface area contributed by atoms with Gasteiger partial charge in [-0.25, -0.2) is 4.68 Å². The van der Waals surface area contributed by atoms with Crippen LogP contribution in [0.4, 0.5) is 5.82 Å². The Hall–Kier alpha value is -2.39.